The molecule has 0 aliphatic carbocycles. The lowest BCUT2D eigenvalue weighted by atomic mass is 10.1. The third kappa shape index (κ3) is 4.08. The van der Waals surface area contributed by atoms with Crippen LogP contribution in [0.1, 0.15) is 29.0 Å². The van der Waals surface area contributed by atoms with Crippen LogP contribution in [0.15, 0.2) is 40.2 Å². The molecule has 6 heteroatoms. The van der Waals surface area contributed by atoms with E-state index in [1.54, 1.807) is 11.3 Å². The van der Waals surface area contributed by atoms with E-state index in [0.717, 1.165) is 10.4 Å². The van der Waals surface area contributed by atoms with Gasteiger partial charge in [0.05, 0.1) is 4.88 Å². The second kappa shape index (κ2) is 7.40. The Morgan fingerprint density at radius 1 is 1.29 bits per heavy atom. The number of nitrogens with one attached hydrogen (secondary N) is 1. The first kappa shape index (κ1) is 16.4. The zero-order valence-electron chi connectivity index (χ0n) is 13.7. The summed E-state index contributed by atoms with van der Waals surface area (Å²) in [5.41, 5.74) is 3.54. The van der Waals surface area contributed by atoms with Crippen molar-refractivity contribution in [2.75, 3.05) is 0 Å². The summed E-state index contributed by atoms with van der Waals surface area (Å²) in [5.74, 6) is 1.04. The van der Waals surface area contributed by atoms with E-state index in [-0.39, 0.29) is 5.91 Å². The molecule has 5 nitrogen and oxygen atoms in total. The Balaban J connectivity index is 1.49. The predicted octanol–water partition coefficient (Wildman–Crippen LogP) is 3.66. The topological polar surface area (TPSA) is 68.0 Å². The van der Waals surface area contributed by atoms with Gasteiger partial charge in [-0.25, -0.2) is 0 Å². The van der Waals surface area contributed by atoms with E-state index in [1.165, 1.54) is 11.1 Å². The highest BCUT2D eigenvalue weighted by molar-refractivity contribution is 7.13. The van der Waals surface area contributed by atoms with Gasteiger partial charge < -0.3 is 9.84 Å². The Morgan fingerprint density at radius 3 is 2.92 bits per heavy atom. The molecular weight excluding hydrogens is 322 g/mol. The first-order chi connectivity index (χ1) is 11.6. The van der Waals surface area contributed by atoms with Crippen molar-refractivity contribution in [2.45, 2.75) is 33.2 Å². The van der Waals surface area contributed by atoms with Crippen molar-refractivity contribution in [1.29, 1.82) is 0 Å². The number of thiophene rings is 1. The van der Waals surface area contributed by atoms with Gasteiger partial charge in [0.2, 0.25) is 17.6 Å². The van der Waals surface area contributed by atoms with Gasteiger partial charge in [0.25, 0.3) is 0 Å². The monoisotopic (exact) mass is 341 g/mol. The SMILES string of the molecule is Cc1ccc(CNC(=O)CCc2nc(-c3cccs3)no2)c(C)c1. The van der Waals surface area contributed by atoms with Crippen LogP contribution < -0.4 is 5.32 Å². The number of aromatic nitrogens is 2. The summed E-state index contributed by atoms with van der Waals surface area (Å²) in [6, 6.07) is 10.1. The van der Waals surface area contributed by atoms with Crippen molar-refractivity contribution in [1.82, 2.24) is 15.5 Å². The van der Waals surface area contributed by atoms with Crippen molar-refractivity contribution in [3.8, 4) is 10.7 Å². The van der Waals surface area contributed by atoms with Gasteiger partial charge in [0.1, 0.15) is 0 Å². The molecule has 3 rings (SSSR count). The molecule has 0 fully saturated rings. The zero-order chi connectivity index (χ0) is 16.9. The van der Waals surface area contributed by atoms with Crippen LogP contribution in [-0.2, 0) is 17.8 Å². The maximum atomic E-state index is 12.0. The van der Waals surface area contributed by atoms with E-state index < -0.39 is 0 Å². The van der Waals surface area contributed by atoms with Gasteiger partial charge >= 0.3 is 0 Å². The summed E-state index contributed by atoms with van der Waals surface area (Å²) in [4.78, 5) is 17.3. The van der Waals surface area contributed by atoms with Crippen LogP contribution in [0.2, 0.25) is 0 Å². The first-order valence-corrected chi connectivity index (χ1v) is 8.69. The first-order valence-electron chi connectivity index (χ1n) is 7.81. The van der Waals surface area contributed by atoms with Crippen LogP contribution in [0.5, 0.6) is 0 Å². The molecule has 0 saturated carbocycles. The molecule has 0 spiro atoms. The predicted molar refractivity (Wildman–Crippen MR) is 93.7 cm³/mol. The zero-order valence-corrected chi connectivity index (χ0v) is 14.5. The maximum Gasteiger partial charge on any atom is 0.227 e. The third-order valence-corrected chi connectivity index (χ3v) is 4.62. The van der Waals surface area contributed by atoms with Gasteiger partial charge in [-0.05, 0) is 36.4 Å². The Hall–Kier alpha value is -2.47. The fraction of sp³-hybridized carbons (Fsp3) is 0.278. The van der Waals surface area contributed by atoms with Crippen LogP contribution in [0.25, 0.3) is 10.7 Å². The molecular formula is C18H19N3O2S. The minimum absolute atomic E-state index is 0.0224. The normalized spacial score (nSPS) is 10.8. The summed E-state index contributed by atoms with van der Waals surface area (Å²) in [6.07, 6.45) is 0.772. The van der Waals surface area contributed by atoms with Crippen molar-refractivity contribution < 1.29 is 9.32 Å². The van der Waals surface area contributed by atoms with Gasteiger partial charge in [-0.1, -0.05) is 35.0 Å². The average Bonchev–Trinajstić information content (AvgIpc) is 3.23. The number of carbonyl (C=O) groups excluding carboxylic acids is 1. The highest BCUT2D eigenvalue weighted by Crippen LogP contribution is 2.21. The van der Waals surface area contributed by atoms with Gasteiger partial charge in [-0.15, -0.1) is 11.3 Å². The molecule has 3 aromatic rings. The molecule has 0 aliphatic rings. The van der Waals surface area contributed by atoms with Crippen LogP contribution in [0.4, 0.5) is 0 Å². The van der Waals surface area contributed by atoms with Gasteiger partial charge in [0.15, 0.2) is 0 Å². The maximum absolute atomic E-state index is 12.0. The summed E-state index contributed by atoms with van der Waals surface area (Å²) < 4.78 is 5.20. The molecule has 0 radical (unpaired) electrons. The Bertz CT molecular complexity index is 825. The second-order valence-electron chi connectivity index (χ2n) is 5.70. The number of benzene rings is 1. The van der Waals surface area contributed by atoms with E-state index in [1.807, 2.05) is 17.5 Å². The minimum atomic E-state index is -0.0224. The minimum Gasteiger partial charge on any atom is -0.352 e. The molecule has 2 heterocycles. The number of aryl methyl sites for hydroxylation is 3. The quantitative estimate of drug-likeness (QED) is 0.743. The Labute approximate surface area is 144 Å². The van der Waals surface area contributed by atoms with Crippen molar-refractivity contribution >= 4 is 17.2 Å². The lowest BCUT2D eigenvalue weighted by Gasteiger charge is -2.08. The van der Waals surface area contributed by atoms with E-state index in [4.69, 9.17) is 4.52 Å². The van der Waals surface area contributed by atoms with Gasteiger partial charge in [-0.2, -0.15) is 4.98 Å². The van der Waals surface area contributed by atoms with Crippen LogP contribution >= 0.6 is 11.3 Å². The second-order valence-corrected chi connectivity index (χ2v) is 6.64. The van der Waals surface area contributed by atoms with Crippen LogP contribution in [-0.4, -0.2) is 16.0 Å². The van der Waals surface area contributed by atoms with Crippen LogP contribution in [0.3, 0.4) is 0 Å². The van der Waals surface area contributed by atoms with Gasteiger partial charge in [0, 0.05) is 19.4 Å². The lowest BCUT2D eigenvalue weighted by Crippen LogP contribution is -2.23. The number of rotatable bonds is 6. The molecule has 24 heavy (non-hydrogen) atoms. The van der Waals surface area contributed by atoms with E-state index in [2.05, 4.69) is 47.5 Å². The number of hydrogen-bond donors (Lipinski definition) is 1. The summed E-state index contributed by atoms with van der Waals surface area (Å²) >= 11 is 1.56. The van der Waals surface area contributed by atoms with Crippen molar-refractivity contribution in [3.63, 3.8) is 0 Å². The molecule has 0 bridgehead atoms. The van der Waals surface area contributed by atoms with E-state index in [9.17, 15) is 4.79 Å². The van der Waals surface area contributed by atoms with E-state index >= 15 is 0 Å². The molecule has 1 aromatic carbocycles. The molecule has 0 unspecified atom stereocenters. The van der Waals surface area contributed by atoms with Gasteiger partial charge in [-0.3, -0.25) is 4.79 Å². The largest absolute Gasteiger partial charge is 0.352 e. The van der Waals surface area contributed by atoms with Crippen molar-refractivity contribution in [3.05, 3.63) is 58.3 Å². The average molecular weight is 341 g/mol. The molecule has 1 N–H and O–H groups in total. The molecule has 0 aliphatic heterocycles. The standard InChI is InChI=1S/C18H19N3O2S/c1-12-5-6-14(13(2)10-12)11-19-16(22)7-8-17-20-18(21-23-17)15-4-3-9-24-15/h3-6,9-10H,7-8,11H2,1-2H3,(H,19,22). The van der Waals surface area contributed by atoms with E-state index in [0.29, 0.717) is 31.1 Å². The molecule has 124 valence electrons. The highest BCUT2D eigenvalue weighted by Gasteiger charge is 2.11. The number of hydrogen-bond acceptors (Lipinski definition) is 5. The lowest BCUT2D eigenvalue weighted by molar-refractivity contribution is -0.121. The molecule has 1 amide bonds. The molecule has 2 aromatic heterocycles. The Kier molecular flexibility index (Phi) is 5.05. The fourth-order valence-corrected chi connectivity index (χ4v) is 3.06. The fourth-order valence-electron chi connectivity index (χ4n) is 2.41. The smallest absolute Gasteiger partial charge is 0.227 e. The summed E-state index contributed by atoms with van der Waals surface area (Å²) in [6.45, 7) is 4.65. The molecule has 0 atom stereocenters. The number of nitrogens with zero attached hydrogens (tertiary/aromatic N) is 2. The highest BCUT2D eigenvalue weighted by atomic mass is 32.1. The number of amides is 1. The molecule has 0 saturated heterocycles. The summed E-state index contributed by atoms with van der Waals surface area (Å²) in [7, 11) is 0. The summed E-state index contributed by atoms with van der Waals surface area (Å²) in [5, 5.41) is 8.84. The Morgan fingerprint density at radius 2 is 2.17 bits per heavy atom. The van der Waals surface area contributed by atoms with Crippen LogP contribution in [0, 0.1) is 13.8 Å². The van der Waals surface area contributed by atoms with Crippen molar-refractivity contribution in [2.24, 2.45) is 0 Å². The third-order valence-electron chi connectivity index (χ3n) is 3.75. The number of carbonyl (C=O) groups is 1.